The molecule has 0 N–H and O–H groups in total. The van der Waals surface area contributed by atoms with Gasteiger partial charge in [0.25, 0.3) is 0 Å². The molecule has 0 radical (unpaired) electrons. The summed E-state index contributed by atoms with van der Waals surface area (Å²) in [6, 6.07) is 2.17. The number of aromatic nitrogens is 1. The molecule has 1 unspecified atom stereocenters. The van der Waals surface area contributed by atoms with Gasteiger partial charge in [-0.25, -0.2) is 4.98 Å². The third-order valence-corrected chi connectivity index (χ3v) is 4.59. The van der Waals surface area contributed by atoms with E-state index in [1.54, 1.807) is 18.4 Å². The minimum Gasteiger partial charge on any atom is -0.374 e. The largest absolute Gasteiger partial charge is 0.374 e. The molecular formula is C14H20N2OS. The molecule has 4 heteroatoms. The summed E-state index contributed by atoms with van der Waals surface area (Å²) in [5, 5.41) is 11.8. The van der Waals surface area contributed by atoms with Crippen LogP contribution in [-0.2, 0) is 11.2 Å². The van der Waals surface area contributed by atoms with Crippen LogP contribution in [0.5, 0.6) is 0 Å². The number of nitrogens with zero attached hydrogens (tertiary/aromatic N) is 2. The zero-order valence-corrected chi connectivity index (χ0v) is 11.7. The second kappa shape index (κ2) is 6.86. The van der Waals surface area contributed by atoms with Crippen molar-refractivity contribution in [3.63, 3.8) is 0 Å². The van der Waals surface area contributed by atoms with Crippen molar-refractivity contribution in [3.8, 4) is 6.07 Å². The fourth-order valence-corrected chi connectivity index (χ4v) is 3.70. The Balaban J connectivity index is 2.02. The fraction of sp³-hybridized carbons (Fsp3) is 0.714. The zero-order valence-electron chi connectivity index (χ0n) is 10.9. The van der Waals surface area contributed by atoms with Crippen LogP contribution >= 0.6 is 11.3 Å². The summed E-state index contributed by atoms with van der Waals surface area (Å²) < 4.78 is 5.68. The number of hydrogen-bond acceptors (Lipinski definition) is 4. The van der Waals surface area contributed by atoms with Crippen LogP contribution in [0.15, 0.2) is 5.38 Å². The Morgan fingerprint density at radius 3 is 2.94 bits per heavy atom. The standard InChI is InChI=1S/C14H20N2OS/c1-17-13(11-6-3-2-4-7-11)14-16-12(10-18-14)8-5-9-15/h10-11,13H,2-8H2,1H3. The van der Waals surface area contributed by atoms with E-state index in [-0.39, 0.29) is 6.10 Å². The first-order valence-corrected chi connectivity index (χ1v) is 7.57. The first-order chi connectivity index (χ1) is 8.85. The first kappa shape index (κ1) is 13.5. The summed E-state index contributed by atoms with van der Waals surface area (Å²) in [4.78, 5) is 4.64. The molecule has 1 aliphatic rings. The van der Waals surface area contributed by atoms with Gasteiger partial charge in [0.15, 0.2) is 0 Å². The molecule has 0 saturated heterocycles. The van der Waals surface area contributed by atoms with Crippen LogP contribution in [0.2, 0.25) is 0 Å². The molecule has 1 aromatic rings. The summed E-state index contributed by atoms with van der Waals surface area (Å²) in [5.41, 5.74) is 1.04. The lowest BCUT2D eigenvalue weighted by Gasteiger charge is -2.27. The van der Waals surface area contributed by atoms with Gasteiger partial charge in [0.05, 0.1) is 11.8 Å². The molecule has 1 aromatic heterocycles. The van der Waals surface area contributed by atoms with E-state index in [0.29, 0.717) is 12.3 Å². The Morgan fingerprint density at radius 1 is 1.50 bits per heavy atom. The van der Waals surface area contributed by atoms with Crippen LogP contribution in [-0.4, -0.2) is 12.1 Å². The van der Waals surface area contributed by atoms with Gasteiger partial charge in [-0.2, -0.15) is 5.26 Å². The summed E-state index contributed by atoms with van der Waals surface area (Å²) >= 11 is 1.68. The lowest BCUT2D eigenvalue weighted by atomic mass is 9.85. The van der Waals surface area contributed by atoms with Gasteiger partial charge in [0.1, 0.15) is 11.1 Å². The summed E-state index contributed by atoms with van der Waals surface area (Å²) in [6.07, 6.45) is 7.97. The predicted molar refractivity (Wildman–Crippen MR) is 72.4 cm³/mol. The van der Waals surface area contributed by atoms with Crippen molar-refractivity contribution in [2.24, 2.45) is 5.92 Å². The van der Waals surface area contributed by atoms with Crippen molar-refractivity contribution in [1.29, 1.82) is 5.26 Å². The fourth-order valence-electron chi connectivity index (χ4n) is 2.68. The normalized spacial score (nSPS) is 18.4. The predicted octanol–water partition coefficient (Wildman–Crippen LogP) is 3.87. The zero-order chi connectivity index (χ0) is 12.8. The van der Waals surface area contributed by atoms with Crippen LogP contribution in [0.25, 0.3) is 0 Å². The monoisotopic (exact) mass is 264 g/mol. The van der Waals surface area contributed by atoms with Crippen LogP contribution in [0.4, 0.5) is 0 Å². The number of ether oxygens (including phenoxy) is 1. The summed E-state index contributed by atoms with van der Waals surface area (Å²) in [6.45, 7) is 0. The average Bonchev–Trinajstić information content (AvgIpc) is 2.87. The Bertz CT molecular complexity index is 404. The van der Waals surface area contributed by atoms with E-state index >= 15 is 0 Å². The van der Waals surface area contributed by atoms with E-state index in [9.17, 15) is 0 Å². The Hall–Kier alpha value is -0.920. The third-order valence-electron chi connectivity index (χ3n) is 3.64. The second-order valence-electron chi connectivity index (χ2n) is 4.89. The van der Waals surface area contributed by atoms with E-state index in [2.05, 4.69) is 16.4 Å². The molecule has 1 aliphatic carbocycles. The van der Waals surface area contributed by atoms with Crippen LogP contribution in [0.3, 0.4) is 0 Å². The molecule has 3 nitrogen and oxygen atoms in total. The number of nitriles is 1. The highest BCUT2D eigenvalue weighted by Crippen LogP contribution is 2.37. The molecule has 1 atom stereocenters. The third kappa shape index (κ3) is 3.30. The van der Waals surface area contributed by atoms with Crippen molar-refractivity contribution >= 4 is 11.3 Å². The Morgan fingerprint density at radius 2 is 2.28 bits per heavy atom. The van der Waals surface area contributed by atoms with Crippen molar-refractivity contribution in [3.05, 3.63) is 16.1 Å². The van der Waals surface area contributed by atoms with Gasteiger partial charge in [-0.05, 0) is 18.8 Å². The molecule has 0 aliphatic heterocycles. The van der Waals surface area contributed by atoms with Crippen molar-refractivity contribution in [2.45, 2.75) is 51.0 Å². The van der Waals surface area contributed by atoms with Gasteiger partial charge >= 0.3 is 0 Å². The van der Waals surface area contributed by atoms with E-state index in [0.717, 1.165) is 17.1 Å². The van der Waals surface area contributed by atoms with Gasteiger partial charge in [0, 0.05) is 25.3 Å². The molecule has 0 amide bonds. The highest BCUT2D eigenvalue weighted by atomic mass is 32.1. The molecule has 0 aromatic carbocycles. The second-order valence-corrected chi connectivity index (χ2v) is 5.78. The van der Waals surface area contributed by atoms with Gasteiger partial charge in [0.2, 0.25) is 0 Å². The van der Waals surface area contributed by atoms with Crippen molar-refractivity contribution in [2.75, 3.05) is 7.11 Å². The maximum Gasteiger partial charge on any atom is 0.122 e. The maximum atomic E-state index is 8.59. The topological polar surface area (TPSA) is 45.9 Å². The molecule has 0 spiro atoms. The van der Waals surface area contributed by atoms with Crippen LogP contribution < -0.4 is 0 Å². The van der Waals surface area contributed by atoms with Gasteiger partial charge < -0.3 is 4.74 Å². The van der Waals surface area contributed by atoms with Crippen LogP contribution in [0.1, 0.15) is 55.3 Å². The first-order valence-electron chi connectivity index (χ1n) is 6.69. The quantitative estimate of drug-likeness (QED) is 0.811. The lowest BCUT2D eigenvalue weighted by Crippen LogP contribution is -2.17. The highest BCUT2D eigenvalue weighted by Gasteiger charge is 2.27. The van der Waals surface area contributed by atoms with E-state index in [4.69, 9.17) is 10.00 Å². The van der Waals surface area contributed by atoms with Gasteiger partial charge in [-0.1, -0.05) is 19.3 Å². The Labute approximate surface area is 113 Å². The molecule has 98 valence electrons. The van der Waals surface area contributed by atoms with Crippen molar-refractivity contribution < 1.29 is 4.74 Å². The molecular weight excluding hydrogens is 244 g/mol. The van der Waals surface area contributed by atoms with Gasteiger partial charge in [-0.15, -0.1) is 11.3 Å². The lowest BCUT2D eigenvalue weighted by molar-refractivity contribution is 0.0351. The summed E-state index contributed by atoms with van der Waals surface area (Å²) in [5.74, 6) is 0.624. The molecule has 18 heavy (non-hydrogen) atoms. The minimum atomic E-state index is 0.158. The number of thiazole rings is 1. The molecule has 0 bridgehead atoms. The van der Waals surface area contributed by atoms with E-state index < -0.39 is 0 Å². The number of hydrogen-bond donors (Lipinski definition) is 0. The highest BCUT2D eigenvalue weighted by molar-refractivity contribution is 7.09. The molecule has 1 heterocycles. The number of methoxy groups -OCH3 is 1. The van der Waals surface area contributed by atoms with Crippen molar-refractivity contribution in [1.82, 2.24) is 4.98 Å². The van der Waals surface area contributed by atoms with Crippen LogP contribution in [0, 0.1) is 17.2 Å². The molecule has 1 fully saturated rings. The van der Waals surface area contributed by atoms with E-state index in [1.165, 1.54) is 32.1 Å². The number of rotatable bonds is 5. The minimum absolute atomic E-state index is 0.158. The SMILES string of the molecule is COC(c1nc(CCC#N)cs1)C1CCCCC1. The maximum absolute atomic E-state index is 8.59. The smallest absolute Gasteiger partial charge is 0.122 e. The number of aryl methyl sites for hydroxylation is 1. The Kier molecular flexibility index (Phi) is 5.15. The van der Waals surface area contributed by atoms with Gasteiger partial charge in [-0.3, -0.25) is 0 Å². The molecule has 1 saturated carbocycles. The van der Waals surface area contributed by atoms with E-state index in [1.807, 2.05) is 0 Å². The molecule has 2 rings (SSSR count). The summed E-state index contributed by atoms with van der Waals surface area (Å²) in [7, 11) is 1.79. The average molecular weight is 264 g/mol.